The van der Waals surface area contributed by atoms with Gasteiger partial charge >= 0.3 is 0 Å². The molecule has 5 nitrogen and oxygen atoms in total. The molecule has 1 aliphatic heterocycles. The molecule has 1 aromatic heterocycles. The lowest BCUT2D eigenvalue weighted by atomic mass is 10.2. The predicted molar refractivity (Wildman–Crippen MR) is 98.4 cm³/mol. The lowest BCUT2D eigenvalue weighted by Gasteiger charge is -2.27. The summed E-state index contributed by atoms with van der Waals surface area (Å²) in [6.07, 6.45) is 1.69. The number of pyridine rings is 1. The van der Waals surface area contributed by atoms with Crippen LogP contribution in [0.3, 0.4) is 0 Å². The number of nitrogens with zero attached hydrogens (tertiary/aromatic N) is 2. The zero-order valence-corrected chi connectivity index (χ0v) is 14.5. The van der Waals surface area contributed by atoms with E-state index < -0.39 is 0 Å². The van der Waals surface area contributed by atoms with Crippen LogP contribution in [-0.4, -0.2) is 47.0 Å². The van der Waals surface area contributed by atoms with E-state index in [0.717, 1.165) is 36.0 Å². The molecule has 24 heavy (non-hydrogen) atoms. The summed E-state index contributed by atoms with van der Waals surface area (Å²) in [5, 5.41) is 3.24. The first kappa shape index (κ1) is 16.6. The zero-order chi connectivity index (χ0) is 16.8. The van der Waals surface area contributed by atoms with E-state index in [1.54, 1.807) is 12.3 Å². The van der Waals surface area contributed by atoms with Crippen molar-refractivity contribution in [1.82, 2.24) is 9.88 Å². The molecule has 0 unspecified atom stereocenters. The van der Waals surface area contributed by atoms with Gasteiger partial charge in [0, 0.05) is 36.5 Å². The molecule has 2 heterocycles. The number of hydrogen-bond donors (Lipinski definition) is 1. The number of nitrogens with one attached hydrogen (secondary N) is 1. The standard InChI is InChI=1S/C18H21N3O2S/c1-2-23-15-7-5-14(6-8-15)20-17-16(4-3-9-19-17)18(22)21-10-12-24-13-11-21/h3-9H,2,10-13H2,1H3,(H,19,20). The molecule has 0 aliphatic carbocycles. The van der Waals surface area contributed by atoms with Crippen LogP contribution in [-0.2, 0) is 0 Å². The second kappa shape index (κ2) is 8.06. The maximum atomic E-state index is 12.8. The van der Waals surface area contributed by atoms with Gasteiger partial charge in [-0.15, -0.1) is 0 Å². The highest BCUT2D eigenvalue weighted by molar-refractivity contribution is 7.99. The third-order valence-electron chi connectivity index (χ3n) is 3.76. The summed E-state index contributed by atoms with van der Waals surface area (Å²) in [5.41, 5.74) is 1.48. The molecule has 126 valence electrons. The first-order valence-electron chi connectivity index (χ1n) is 8.10. The molecule has 1 aliphatic rings. The third kappa shape index (κ3) is 4.00. The number of hydrogen-bond acceptors (Lipinski definition) is 5. The molecule has 1 N–H and O–H groups in total. The van der Waals surface area contributed by atoms with Crippen LogP contribution in [0.15, 0.2) is 42.6 Å². The van der Waals surface area contributed by atoms with Crippen LogP contribution in [0, 0.1) is 0 Å². The van der Waals surface area contributed by atoms with Gasteiger partial charge in [-0.05, 0) is 43.3 Å². The molecule has 0 radical (unpaired) electrons. The number of carbonyl (C=O) groups excluding carboxylic acids is 1. The maximum Gasteiger partial charge on any atom is 0.257 e. The average molecular weight is 343 g/mol. The highest BCUT2D eigenvalue weighted by atomic mass is 32.2. The number of benzene rings is 1. The fraction of sp³-hybridized carbons (Fsp3) is 0.333. The van der Waals surface area contributed by atoms with E-state index >= 15 is 0 Å². The topological polar surface area (TPSA) is 54.5 Å². The van der Waals surface area contributed by atoms with E-state index in [1.165, 1.54) is 0 Å². The van der Waals surface area contributed by atoms with Crippen molar-refractivity contribution < 1.29 is 9.53 Å². The molecule has 1 aromatic carbocycles. The summed E-state index contributed by atoms with van der Waals surface area (Å²) >= 11 is 1.89. The summed E-state index contributed by atoms with van der Waals surface area (Å²) in [5.74, 6) is 3.44. The summed E-state index contributed by atoms with van der Waals surface area (Å²) < 4.78 is 5.45. The quantitative estimate of drug-likeness (QED) is 0.901. The first-order valence-corrected chi connectivity index (χ1v) is 9.25. The van der Waals surface area contributed by atoms with Gasteiger partial charge in [-0.25, -0.2) is 4.98 Å². The second-order valence-corrected chi connectivity index (χ2v) is 6.61. The molecular formula is C18H21N3O2S. The lowest BCUT2D eigenvalue weighted by Crippen LogP contribution is -2.38. The molecule has 0 spiro atoms. The van der Waals surface area contributed by atoms with E-state index in [1.807, 2.05) is 53.9 Å². The van der Waals surface area contributed by atoms with E-state index in [-0.39, 0.29) is 5.91 Å². The molecule has 6 heteroatoms. The highest BCUT2D eigenvalue weighted by Gasteiger charge is 2.21. The van der Waals surface area contributed by atoms with Crippen molar-refractivity contribution in [2.45, 2.75) is 6.92 Å². The van der Waals surface area contributed by atoms with Gasteiger partial charge in [-0.2, -0.15) is 11.8 Å². The Morgan fingerprint density at radius 3 is 2.71 bits per heavy atom. The van der Waals surface area contributed by atoms with Gasteiger partial charge in [0.25, 0.3) is 5.91 Å². The monoisotopic (exact) mass is 343 g/mol. The molecule has 1 saturated heterocycles. The van der Waals surface area contributed by atoms with E-state index in [0.29, 0.717) is 18.0 Å². The summed E-state index contributed by atoms with van der Waals surface area (Å²) in [6, 6.07) is 11.3. The fourth-order valence-electron chi connectivity index (χ4n) is 2.55. The normalized spacial score (nSPS) is 14.3. The molecule has 1 fully saturated rings. The van der Waals surface area contributed by atoms with Gasteiger partial charge in [0.05, 0.1) is 12.2 Å². The molecule has 0 bridgehead atoms. The van der Waals surface area contributed by atoms with Gasteiger partial charge in [-0.3, -0.25) is 4.79 Å². The van der Waals surface area contributed by atoms with Crippen molar-refractivity contribution in [3.05, 3.63) is 48.2 Å². The summed E-state index contributed by atoms with van der Waals surface area (Å²) in [4.78, 5) is 19.0. The van der Waals surface area contributed by atoms with Crippen LogP contribution in [0.4, 0.5) is 11.5 Å². The van der Waals surface area contributed by atoms with Crippen molar-refractivity contribution in [1.29, 1.82) is 0 Å². The lowest BCUT2D eigenvalue weighted by molar-refractivity contribution is 0.0773. The van der Waals surface area contributed by atoms with Gasteiger partial charge in [0.2, 0.25) is 0 Å². The Bertz CT molecular complexity index is 685. The first-order chi connectivity index (χ1) is 11.8. The Morgan fingerprint density at radius 1 is 1.25 bits per heavy atom. The third-order valence-corrected chi connectivity index (χ3v) is 4.71. The van der Waals surface area contributed by atoms with Crippen molar-refractivity contribution >= 4 is 29.2 Å². The number of anilines is 2. The number of ether oxygens (including phenoxy) is 1. The van der Waals surface area contributed by atoms with Crippen molar-refractivity contribution in [3.63, 3.8) is 0 Å². The number of thioether (sulfide) groups is 1. The number of aromatic nitrogens is 1. The molecule has 2 aromatic rings. The average Bonchev–Trinajstić information content (AvgIpc) is 2.64. The van der Waals surface area contributed by atoms with Crippen LogP contribution in [0.2, 0.25) is 0 Å². The van der Waals surface area contributed by atoms with Crippen LogP contribution in [0.1, 0.15) is 17.3 Å². The maximum absolute atomic E-state index is 12.8. The van der Waals surface area contributed by atoms with Crippen molar-refractivity contribution in [2.75, 3.05) is 36.5 Å². The fourth-order valence-corrected chi connectivity index (χ4v) is 3.46. The predicted octanol–water partition coefficient (Wildman–Crippen LogP) is 3.41. The van der Waals surface area contributed by atoms with Crippen LogP contribution >= 0.6 is 11.8 Å². The SMILES string of the molecule is CCOc1ccc(Nc2ncccc2C(=O)N2CCSCC2)cc1. The van der Waals surface area contributed by atoms with Gasteiger partial charge < -0.3 is 15.0 Å². The van der Waals surface area contributed by atoms with Crippen LogP contribution in [0.5, 0.6) is 5.75 Å². The van der Waals surface area contributed by atoms with Crippen LogP contribution < -0.4 is 10.1 Å². The van der Waals surface area contributed by atoms with E-state index in [9.17, 15) is 4.79 Å². The summed E-state index contributed by atoms with van der Waals surface area (Å²) in [6.45, 7) is 4.18. The summed E-state index contributed by atoms with van der Waals surface area (Å²) in [7, 11) is 0. The Kier molecular flexibility index (Phi) is 5.59. The largest absolute Gasteiger partial charge is 0.494 e. The molecule has 0 atom stereocenters. The van der Waals surface area contributed by atoms with Crippen LogP contribution in [0.25, 0.3) is 0 Å². The zero-order valence-electron chi connectivity index (χ0n) is 13.7. The molecule has 3 rings (SSSR count). The Morgan fingerprint density at radius 2 is 2.00 bits per heavy atom. The Hall–Kier alpha value is -2.21. The number of carbonyl (C=O) groups is 1. The van der Waals surface area contributed by atoms with Gasteiger partial charge in [0.15, 0.2) is 0 Å². The van der Waals surface area contributed by atoms with E-state index in [4.69, 9.17) is 4.74 Å². The Labute approximate surface area is 146 Å². The smallest absolute Gasteiger partial charge is 0.257 e. The van der Waals surface area contributed by atoms with Gasteiger partial charge in [0.1, 0.15) is 11.6 Å². The number of rotatable bonds is 5. The molecular weight excluding hydrogens is 322 g/mol. The highest BCUT2D eigenvalue weighted by Crippen LogP contribution is 2.23. The minimum atomic E-state index is 0.0387. The minimum absolute atomic E-state index is 0.0387. The number of amides is 1. The van der Waals surface area contributed by atoms with Crippen molar-refractivity contribution in [3.8, 4) is 5.75 Å². The minimum Gasteiger partial charge on any atom is -0.494 e. The van der Waals surface area contributed by atoms with Crippen molar-refractivity contribution in [2.24, 2.45) is 0 Å². The van der Waals surface area contributed by atoms with E-state index in [2.05, 4.69) is 10.3 Å². The second-order valence-electron chi connectivity index (χ2n) is 5.39. The van der Waals surface area contributed by atoms with Gasteiger partial charge in [-0.1, -0.05) is 0 Å². The Balaban J connectivity index is 1.77. The molecule has 0 saturated carbocycles. The molecule has 1 amide bonds.